The molecule has 1 aliphatic heterocycles. The van der Waals surface area contributed by atoms with E-state index >= 15 is 0 Å². The van der Waals surface area contributed by atoms with Gasteiger partial charge in [0, 0.05) is 12.3 Å². The van der Waals surface area contributed by atoms with E-state index in [0.29, 0.717) is 12.3 Å². The van der Waals surface area contributed by atoms with Gasteiger partial charge in [0.25, 0.3) is 5.24 Å². The van der Waals surface area contributed by atoms with Crippen LogP contribution in [0.2, 0.25) is 0 Å². The van der Waals surface area contributed by atoms with Crippen molar-refractivity contribution in [3.63, 3.8) is 0 Å². The Morgan fingerprint density at radius 2 is 2.17 bits per heavy atom. The van der Waals surface area contributed by atoms with E-state index < -0.39 is 11.3 Å². The van der Waals surface area contributed by atoms with Gasteiger partial charge in [0.1, 0.15) is 11.8 Å². The number of ether oxygens (including phenoxy) is 1. The van der Waals surface area contributed by atoms with E-state index in [2.05, 4.69) is 0 Å². The van der Waals surface area contributed by atoms with Crippen LogP contribution in [0.15, 0.2) is 24.3 Å². The Morgan fingerprint density at radius 3 is 2.72 bits per heavy atom. The van der Waals surface area contributed by atoms with E-state index in [1.54, 1.807) is 7.11 Å². The molecular weight excluding hydrogens is 274 g/mol. The second kappa shape index (κ2) is 5.63. The number of nitrogens with zero attached hydrogens (tertiary/aromatic N) is 1. The van der Waals surface area contributed by atoms with Gasteiger partial charge in [0.05, 0.1) is 7.11 Å². The van der Waals surface area contributed by atoms with Crippen molar-refractivity contribution in [1.29, 1.82) is 0 Å². The monoisotopic (exact) mass is 285 g/mol. The third-order valence-corrected chi connectivity index (χ3v) is 3.97. The smallest absolute Gasteiger partial charge is 0.282 e. The first-order valence-corrected chi connectivity index (χ1v) is 6.74. The van der Waals surface area contributed by atoms with Gasteiger partial charge in [-0.05, 0) is 29.3 Å². The Kier molecular flexibility index (Phi) is 4.14. The van der Waals surface area contributed by atoms with E-state index in [0.717, 1.165) is 23.1 Å². The highest BCUT2D eigenvalue weighted by Crippen LogP contribution is 2.27. The van der Waals surface area contributed by atoms with Crippen LogP contribution in [0.25, 0.3) is 0 Å². The zero-order chi connectivity index (χ0) is 13.1. The van der Waals surface area contributed by atoms with E-state index in [1.807, 2.05) is 24.3 Å². The fourth-order valence-corrected chi connectivity index (χ4v) is 3.02. The molecule has 6 heteroatoms. The predicted octanol–water partition coefficient (Wildman–Crippen LogP) is 2.50. The van der Waals surface area contributed by atoms with Crippen LogP contribution in [0.5, 0.6) is 5.75 Å². The fourth-order valence-electron chi connectivity index (χ4n) is 1.74. The van der Waals surface area contributed by atoms with Crippen LogP contribution in [-0.4, -0.2) is 34.3 Å². The summed E-state index contributed by atoms with van der Waals surface area (Å²) < 4.78 is 5.06. The average Bonchev–Trinajstić information content (AvgIpc) is 2.72. The first kappa shape index (κ1) is 13.2. The standard InChI is InChI=1S/C12H12ClNO3S/c1-17-9-4-2-8(3-5-9)6-14-10(11(13)15)7-18-12(14)16/h2-5,10H,6-7H2,1H3/t10-/m0/s1. The van der Waals surface area contributed by atoms with Crippen molar-refractivity contribution in [2.75, 3.05) is 12.9 Å². The lowest BCUT2D eigenvalue weighted by molar-refractivity contribution is -0.114. The molecule has 18 heavy (non-hydrogen) atoms. The maximum Gasteiger partial charge on any atom is 0.282 e. The van der Waals surface area contributed by atoms with E-state index in [-0.39, 0.29) is 5.24 Å². The summed E-state index contributed by atoms with van der Waals surface area (Å²) in [6.45, 7) is 0.388. The molecule has 0 spiro atoms. The van der Waals surface area contributed by atoms with Crippen molar-refractivity contribution >= 4 is 33.8 Å². The third kappa shape index (κ3) is 2.79. The van der Waals surface area contributed by atoms with Crippen LogP contribution in [0.1, 0.15) is 5.56 Å². The summed E-state index contributed by atoms with van der Waals surface area (Å²) in [6, 6.07) is 6.85. The molecule has 1 amide bonds. The number of methoxy groups -OCH3 is 1. The molecule has 0 aliphatic carbocycles. The first-order chi connectivity index (χ1) is 8.61. The maximum absolute atomic E-state index is 11.7. The zero-order valence-corrected chi connectivity index (χ0v) is 11.3. The number of hydrogen-bond donors (Lipinski definition) is 0. The normalized spacial score (nSPS) is 19.1. The van der Waals surface area contributed by atoms with Crippen molar-refractivity contribution in [3.05, 3.63) is 29.8 Å². The number of carbonyl (C=O) groups excluding carboxylic acids is 2. The molecule has 0 saturated carbocycles. The molecule has 2 rings (SSSR count). The highest BCUT2D eigenvalue weighted by atomic mass is 35.5. The minimum atomic E-state index is -0.522. The molecule has 0 radical (unpaired) electrons. The van der Waals surface area contributed by atoms with Crippen LogP contribution in [0.4, 0.5) is 4.79 Å². The lowest BCUT2D eigenvalue weighted by Crippen LogP contribution is -2.36. The molecule has 1 aromatic rings. The number of halogens is 1. The van der Waals surface area contributed by atoms with Crippen LogP contribution >= 0.6 is 23.4 Å². The largest absolute Gasteiger partial charge is 0.497 e. The van der Waals surface area contributed by atoms with Gasteiger partial charge < -0.3 is 9.64 Å². The summed E-state index contributed by atoms with van der Waals surface area (Å²) in [6.07, 6.45) is 0. The number of rotatable bonds is 4. The van der Waals surface area contributed by atoms with Gasteiger partial charge in [0.15, 0.2) is 0 Å². The second-order valence-electron chi connectivity index (χ2n) is 3.87. The highest BCUT2D eigenvalue weighted by molar-refractivity contribution is 8.13. The second-order valence-corrected chi connectivity index (χ2v) is 5.22. The number of amides is 1. The van der Waals surface area contributed by atoms with Crippen molar-refractivity contribution < 1.29 is 14.3 Å². The van der Waals surface area contributed by atoms with Crippen molar-refractivity contribution in [1.82, 2.24) is 4.90 Å². The number of benzene rings is 1. The Labute approximate surface area is 114 Å². The van der Waals surface area contributed by atoms with Gasteiger partial charge in [-0.2, -0.15) is 0 Å². The molecule has 1 fully saturated rings. The molecule has 0 N–H and O–H groups in total. The Morgan fingerprint density at radius 1 is 1.50 bits per heavy atom. The average molecular weight is 286 g/mol. The van der Waals surface area contributed by atoms with E-state index in [1.165, 1.54) is 4.90 Å². The summed E-state index contributed by atoms with van der Waals surface area (Å²) in [5.41, 5.74) is 0.939. The van der Waals surface area contributed by atoms with Gasteiger partial charge in [0.2, 0.25) is 5.24 Å². The van der Waals surface area contributed by atoms with Gasteiger partial charge >= 0.3 is 0 Å². The first-order valence-electron chi connectivity index (χ1n) is 5.37. The number of carbonyl (C=O) groups is 2. The molecular formula is C12H12ClNO3S. The van der Waals surface area contributed by atoms with Gasteiger partial charge in [-0.3, -0.25) is 9.59 Å². The van der Waals surface area contributed by atoms with Crippen LogP contribution in [-0.2, 0) is 11.3 Å². The maximum atomic E-state index is 11.7. The molecule has 0 aromatic heterocycles. The van der Waals surface area contributed by atoms with Crippen molar-refractivity contribution in [3.8, 4) is 5.75 Å². The van der Waals surface area contributed by atoms with E-state index in [4.69, 9.17) is 16.3 Å². The zero-order valence-electron chi connectivity index (χ0n) is 9.76. The summed E-state index contributed by atoms with van der Waals surface area (Å²) in [5, 5.41) is -0.591. The Bertz CT molecular complexity index is 463. The third-order valence-electron chi connectivity index (χ3n) is 2.75. The summed E-state index contributed by atoms with van der Waals surface area (Å²) in [7, 11) is 1.60. The molecule has 1 aliphatic rings. The van der Waals surface area contributed by atoms with E-state index in [9.17, 15) is 9.59 Å². The molecule has 1 saturated heterocycles. The minimum absolute atomic E-state index is 0.107. The molecule has 0 bridgehead atoms. The van der Waals surface area contributed by atoms with Crippen molar-refractivity contribution in [2.45, 2.75) is 12.6 Å². The van der Waals surface area contributed by atoms with Gasteiger partial charge in [-0.25, -0.2) is 0 Å². The van der Waals surface area contributed by atoms with Crippen LogP contribution in [0.3, 0.4) is 0 Å². The number of thioether (sulfide) groups is 1. The topological polar surface area (TPSA) is 46.6 Å². The van der Waals surface area contributed by atoms with Crippen LogP contribution in [0, 0.1) is 0 Å². The van der Waals surface area contributed by atoms with Crippen LogP contribution < -0.4 is 4.74 Å². The molecule has 0 unspecified atom stereocenters. The SMILES string of the molecule is COc1ccc(CN2C(=O)SC[C@H]2C(=O)Cl)cc1. The predicted molar refractivity (Wildman–Crippen MR) is 71.0 cm³/mol. The molecule has 1 aromatic carbocycles. The number of hydrogen-bond acceptors (Lipinski definition) is 4. The molecule has 1 atom stereocenters. The highest BCUT2D eigenvalue weighted by Gasteiger charge is 2.35. The quantitative estimate of drug-likeness (QED) is 0.798. The Balaban J connectivity index is 2.11. The van der Waals surface area contributed by atoms with Gasteiger partial charge in [-0.15, -0.1) is 0 Å². The lowest BCUT2D eigenvalue weighted by Gasteiger charge is -2.20. The van der Waals surface area contributed by atoms with Gasteiger partial charge in [-0.1, -0.05) is 23.9 Å². The molecule has 96 valence electrons. The lowest BCUT2D eigenvalue weighted by atomic mass is 10.2. The summed E-state index contributed by atoms with van der Waals surface area (Å²) in [5.74, 6) is 1.18. The minimum Gasteiger partial charge on any atom is -0.497 e. The molecule has 4 nitrogen and oxygen atoms in total. The van der Waals surface area contributed by atoms with Crippen molar-refractivity contribution in [2.24, 2.45) is 0 Å². The summed E-state index contributed by atoms with van der Waals surface area (Å²) >= 11 is 6.62. The Hall–Kier alpha value is -1.20. The molecule has 1 heterocycles. The summed E-state index contributed by atoms with van der Waals surface area (Å²) in [4.78, 5) is 24.4. The fraction of sp³-hybridized carbons (Fsp3) is 0.333.